The molecule has 2 nitrogen and oxygen atoms in total. The Morgan fingerprint density at radius 3 is 2.27 bits per heavy atom. The lowest BCUT2D eigenvalue weighted by molar-refractivity contribution is 0.138. The molecule has 2 saturated heterocycles. The number of hydrogen-bond donors (Lipinski definition) is 1. The maximum atomic E-state index is 3.45. The van der Waals surface area contributed by atoms with Crippen LogP contribution in [0.2, 0.25) is 0 Å². The minimum atomic E-state index is 0. The fourth-order valence-electron chi connectivity index (χ4n) is 2.91. The fraction of sp³-hybridized carbons (Fsp3) is 1.00. The number of likely N-dealkylation sites (tertiary alicyclic amines) is 1. The van der Waals surface area contributed by atoms with E-state index in [2.05, 4.69) is 17.3 Å². The van der Waals surface area contributed by atoms with Crippen LogP contribution in [0.25, 0.3) is 0 Å². The van der Waals surface area contributed by atoms with Gasteiger partial charge in [0.05, 0.1) is 0 Å². The van der Waals surface area contributed by atoms with Crippen LogP contribution in [0.1, 0.15) is 25.7 Å². The maximum absolute atomic E-state index is 3.45. The monoisotopic (exact) mass is 254 g/mol. The van der Waals surface area contributed by atoms with Gasteiger partial charge in [-0.3, -0.25) is 0 Å². The van der Waals surface area contributed by atoms with Gasteiger partial charge in [-0.2, -0.15) is 0 Å². The van der Waals surface area contributed by atoms with Crippen LogP contribution in [-0.2, 0) is 0 Å². The van der Waals surface area contributed by atoms with Crippen molar-refractivity contribution in [3.63, 3.8) is 0 Å². The Bertz CT molecular complexity index is 161. The third kappa shape index (κ3) is 4.48. The molecule has 92 valence electrons. The quantitative estimate of drug-likeness (QED) is 0.772. The molecule has 2 rings (SSSR count). The van der Waals surface area contributed by atoms with Gasteiger partial charge in [-0.25, -0.2) is 0 Å². The molecule has 0 aromatic carbocycles. The summed E-state index contributed by atoms with van der Waals surface area (Å²) < 4.78 is 0. The fourth-order valence-corrected chi connectivity index (χ4v) is 2.91. The van der Waals surface area contributed by atoms with Crippen LogP contribution in [0.15, 0.2) is 0 Å². The lowest BCUT2D eigenvalue weighted by Gasteiger charge is -2.37. The van der Waals surface area contributed by atoms with E-state index in [1.807, 2.05) is 0 Å². The Kier molecular flexibility index (Phi) is 7.98. The molecule has 0 saturated carbocycles. The van der Waals surface area contributed by atoms with E-state index in [9.17, 15) is 0 Å². The number of hydrogen-bond acceptors (Lipinski definition) is 2. The Morgan fingerprint density at radius 1 is 1.00 bits per heavy atom. The van der Waals surface area contributed by atoms with Gasteiger partial charge >= 0.3 is 0 Å². The summed E-state index contributed by atoms with van der Waals surface area (Å²) in [6.07, 6.45) is 5.73. The maximum Gasteiger partial charge on any atom is 0.000928 e. The molecule has 0 aromatic rings. The van der Waals surface area contributed by atoms with Crippen LogP contribution in [-0.4, -0.2) is 38.1 Å². The van der Waals surface area contributed by atoms with Crippen LogP contribution in [0.4, 0.5) is 0 Å². The number of nitrogens with zero attached hydrogens (tertiary/aromatic N) is 1. The second-order valence-electron chi connectivity index (χ2n) is 4.75. The van der Waals surface area contributed by atoms with E-state index < -0.39 is 0 Å². The SMILES string of the molecule is CN1CCC[C@H](C2CCNCC2)C1.Cl.Cl. The molecular weight excluding hydrogens is 231 g/mol. The van der Waals surface area contributed by atoms with Crippen molar-refractivity contribution < 1.29 is 0 Å². The van der Waals surface area contributed by atoms with Crippen LogP contribution in [0.3, 0.4) is 0 Å². The summed E-state index contributed by atoms with van der Waals surface area (Å²) in [5, 5.41) is 3.45. The van der Waals surface area contributed by atoms with Crippen molar-refractivity contribution in [3.05, 3.63) is 0 Å². The van der Waals surface area contributed by atoms with Crippen molar-refractivity contribution in [1.29, 1.82) is 0 Å². The summed E-state index contributed by atoms with van der Waals surface area (Å²) in [6, 6.07) is 0. The van der Waals surface area contributed by atoms with Crippen LogP contribution < -0.4 is 5.32 Å². The van der Waals surface area contributed by atoms with E-state index in [-0.39, 0.29) is 24.8 Å². The number of rotatable bonds is 1. The highest BCUT2D eigenvalue weighted by atomic mass is 35.5. The minimum absolute atomic E-state index is 0. The summed E-state index contributed by atoms with van der Waals surface area (Å²) in [5.41, 5.74) is 0. The Hall–Kier alpha value is 0.500. The average Bonchev–Trinajstić information content (AvgIpc) is 2.19. The Balaban J connectivity index is 0.000000980. The van der Waals surface area contributed by atoms with E-state index in [0.717, 1.165) is 11.8 Å². The van der Waals surface area contributed by atoms with Gasteiger partial charge in [-0.05, 0) is 64.2 Å². The molecule has 0 bridgehead atoms. The van der Waals surface area contributed by atoms with Crippen molar-refractivity contribution in [1.82, 2.24) is 10.2 Å². The predicted octanol–water partition coefficient (Wildman–Crippen LogP) is 2.17. The summed E-state index contributed by atoms with van der Waals surface area (Å²) in [5.74, 6) is 2.02. The van der Waals surface area contributed by atoms with Crippen LogP contribution in [0.5, 0.6) is 0 Å². The molecule has 2 aliphatic heterocycles. The van der Waals surface area contributed by atoms with Crippen LogP contribution >= 0.6 is 24.8 Å². The molecular formula is C11H24Cl2N2. The summed E-state index contributed by atoms with van der Waals surface area (Å²) >= 11 is 0. The molecule has 0 spiro atoms. The van der Waals surface area contributed by atoms with E-state index in [0.29, 0.717) is 0 Å². The standard InChI is InChI=1S/C11H22N2.2ClH/c1-13-8-2-3-11(9-13)10-4-6-12-7-5-10;;/h10-12H,2-9H2,1H3;2*1H/t11-;;/m0../s1. The van der Waals surface area contributed by atoms with Gasteiger partial charge in [0, 0.05) is 6.54 Å². The third-order valence-electron chi connectivity index (χ3n) is 3.71. The third-order valence-corrected chi connectivity index (χ3v) is 3.71. The average molecular weight is 255 g/mol. The zero-order valence-electron chi connectivity index (χ0n) is 9.58. The van der Waals surface area contributed by atoms with Crippen LogP contribution in [0, 0.1) is 11.8 Å². The van der Waals surface area contributed by atoms with Crippen molar-refractivity contribution in [2.45, 2.75) is 25.7 Å². The van der Waals surface area contributed by atoms with Gasteiger partial charge in [0.15, 0.2) is 0 Å². The second kappa shape index (κ2) is 7.72. The van der Waals surface area contributed by atoms with Crippen molar-refractivity contribution in [3.8, 4) is 0 Å². The summed E-state index contributed by atoms with van der Waals surface area (Å²) in [6.45, 7) is 5.18. The molecule has 2 aliphatic rings. The zero-order valence-corrected chi connectivity index (χ0v) is 11.2. The summed E-state index contributed by atoms with van der Waals surface area (Å²) in [7, 11) is 2.27. The molecule has 0 unspecified atom stereocenters. The van der Waals surface area contributed by atoms with Gasteiger partial charge in [0.1, 0.15) is 0 Å². The van der Waals surface area contributed by atoms with Gasteiger partial charge in [-0.1, -0.05) is 0 Å². The van der Waals surface area contributed by atoms with Gasteiger partial charge in [0.2, 0.25) is 0 Å². The van der Waals surface area contributed by atoms with E-state index in [1.165, 1.54) is 51.9 Å². The molecule has 0 amide bonds. The first-order chi connectivity index (χ1) is 6.36. The van der Waals surface area contributed by atoms with Crippen molar-refractivity contribution in [2.75, 3.05) is 33.2 Å². The molecule has 0 aliphatic carbocycles. The highest BCUT2D eigenvalue weighted by Gasteiger charge is 2.26. The van der Waals surface area contributed by atoms with Gasteiger partial charge in [0.25, 0.3) is 0 Å². The van der Waals surface area contributed by atoms with Gasteiger partial charge in [-0.15, -0.1) is 24.8 Å². The number of nitrogens with one attached hydrogen (secondary N) is 1. The normalized spacial score (nSPS) is 29.0. The molecule has 1 N–H and O–H groups in total. The molecule has 2 heterocycles. The topological polar surface area (TPSA) is 15.3 Å². The van der Waals surface area contributed by atoms with Gasteiger partial charge < -0.3 is 10.2 Å². The van der Waals surface area contributed by atoms with Crippen molar-refractivity contribution >= 4 is 24.8 Å². The first-order valence-corrected chi connectivity index (χ1v) is 5.75. The highest BCUT2D eigenvalue weighted by Crippen LogP contribution is 2.28. The molecule has 1 atom stereocenters. The highest BCUT2D eigenvalue weighted by molar-refractivity contribution is 5.85. The van der Waals surface area contributed by atoms with Crippen molar-refractivity contribution in [2.24, 2.45) is 11.8 Å². The first kappa shape index (κ1) is 15.5. The smallest absolute Gasteiger partial charge is 0.000928 e. The minimum Gasteiger partial charge on any atom is -0.317 e. The molecule has 15 heavy (non-hydrogen) atoms. The largest absolute Gasteiger partial charge is 0.317 e. The lowest BCUT2D eigenvalue weighted by Crippen LogP contribution is -2.39. The number of piperidine rings is 2. The molecule has 4 heteroatoms. The Labute approximate surface area is 106 Å². The molecule has 0 aromatic heterocycles. The predicted molar refractivity (Wildman–Crippen MR) is 70.3 cm³/mol. The van der Waals surface area contributed by atoms with E-state index >= 15 is 0 Å². The summed E-state index contributed by atoms with van der Waals surface area (Å²) in [4.78, 5) is 2.51. The second-order valence-corrected chi connectivity index (χ2v) is 4.75. The zero-order chi connectivity index (χ0) is 9.10. The molecule has 2 fully saturated rings. The molecule has 0 radical (unpaired) electrons. The number of halogens is 2. The first-order valence-electron chi connectivity index (χ1n) is 5.75. The van der Waals surface area contributed by atoms with E-state index in [4.69, 9.17) is 0 Å². The Morgan fingerprint density at radius 2 is 1.67 bits per heavy atom. The lowest BCUT2D eigenvalue weighted by atomic mass is 9.80. The van der Waals surface area contributed by atoms with E-state index in [1.54, 1.807) is 0 Å².